The molecule has 1 amide bonds. The van der Waals surface area contributed by atoms with E-state index in [2.05, 4.69) is 53.8 Å². The number of carbonyl (C=O) groups is 1. The van der Waals surface area contributed by atoms with Crippen molar-refractivity contribution >= 4 is 11.6 Å². The lowest BCUT2D eigenvalue weighted by Gasteiger charge is -2.34. The Hall–Kier alpha value is -3.09. The summed E-state index contributed by atoms with van der Waals surface area (Å²) in [6.07, 6.45) is 0. The van der Waals surface area contributed by atoms with Crippen molar-refractivity contribution in [3.8, 4) is 0 Å². The number of amides is 1. The summed E-state index contributed by atoms with van der Waals surface area (Å²) in [5.41, 5.74) is 2.59. The second-order valence-corrected chi connectivity index (χ2v) is 8.01. The summed E-state index contributed by atoms with van der Waals surface area (Å²) in [5, 5.41) is 2.56. The molecule has 0 saturated carbocycles. The fourth-order valence-corrected chi connectivity index (χ4v) is 4.36. The quantitative estimate of drug-likeness (QED) is 0.552. The van der Waals surface area contributed by atoms with Crippen molar-refractivity contribution in [3.63, 3.8) is 0 Å². The molecule has 1 saturated heterocycles. The van der Waals surface area contributed by atoms with Gasteiger partial charge in [0, 0.05) is 17.2 Å². The van der Waals surface area contributed by atoms with E-state index in [0.29, 0.717) is 0 Å². The van der Waals surface area contributed by atoms with Crippen LogP contribution >= 0.6 is 0 Å². The zero-order valence-corrected chi connectivity index (χ0v) is 17.3. The maximum Gasteiger partial charge on any atom is 0.279 e. The Balaban J connectivity index is 1.38. The summed E-state index contributed by atoms with van der Waals surface area (Å²) in [7, 11) is 0. The van der Waals surface area contributed by atoms with Crippen LogP contribution in [0.25, 0.3) is 0 Å². The summed E-state index contributed by atoms with van der Waals surface area (Å²) >= 11 is 0. The molecule has 0 bridgehead atoms. The molecule has 6 heteroatoms. The number of carbonyl (C=O) groups excluding carboxylic acids is 1. The zero-order valence-electron chi connectivity index (χ0n) is 17.3. The average Bonchev–Trinajstić information content (AvgIpc) is 2.79. The van der Waals surface area contributed by atoms with Gasteiger partial charge in [0.05, 0.1) is 5.69 Å². The predicted octanol–water partition coefficient (Wildman–Crippen LogP) is 1.48. The van der Waals surface area contributed by atoms with Crippen molar-refractivity contribution < 1.29 is 23.4 Å². The highest BCUT2D eigenvalue weighted by Gasteiger charge is 2.32. The highest BCUT2D eigenvalue weighted by Crippen LogP contribution is 2.19. The molecule has 3 aromatic rings. The highest BCUT2D eigenvalue weighted by atomic mass is 19.1. The molecule has 0 aliphatic carbocycles. The third kappa shape index (κ3) is 5.34. The van der Waals surface area contributed by atoms with Crippen LogP contribution in [0.2, 0.25) is 0 Å². The third-order valence-electron chi connectivity index (χ3n) is 5.89. The molecular formula is C25H27F2N3O+2. The summed E-state index contributed by atoms with van der Waals surface area (Å²) < 4.78 is 26.8. The number of quaternary nitrogens is 2. The lowest BCUT2D eigenvalue weighted by Crippen LogP contribution is -3.28. The summed E-state index contributed by atoms with van der Waals surface area (Å²) in [6.45, 7) is 3.84. The fourth-order valence-electron chi connectivity index (χ4n) is 4.36. The molecule has 0 spiro atoms. The first-order chi connectivity index (χ1) is 15.1. The number of benzene rings is 3. The van der Waals surface area contributed by atoms with E-state index in [1.165, 1.54) is 27.0 Å². The molecule has 3 aromatic carbocycles. The fraction of sp³-hybridized carbons (Fsp3) is 0.240. The minimum Gasteiger partial charge on any atom is -0.319 e. The van der Waals surface area contributed by atoms with Crippen LogP contribution in [0.3, 0.4) is 0 Å². The highest BCUT2D eigenvalue weighted by molar-refractivity contribution is 5.91. The number of nitrogens with one attached hydrogen (secondary N) is 3. The van der Waals surface area contributed by atoms with Crippen LogP contribution in [0.5, 0.6) is 0 Å². The van der Waals surface area contributed by atoms with Gasteiger partial charge in [-0.3, -0.25) is 4.79 Å². The first-order valence-electron chi connectivity index (χ1n) is 10.6. The first-order valence-corrected chi connectivity index (χ1v) is 10.6. The van der Waals surface area contributed by atoms with Crippen molar-refractivity contribution in [2.24, 2.45) is 0 Å². The Morgan fingerprint density at radius 3 is 1.97 bits per heavy atom. The molecule has 0 aromatic heterocycles. The Kier molecular flexibility index (Phi) is 6.70. The van der Waals surface area contributed by atoms with Crippen LogP contribution in [-0.2, 0) is 4.79 Å². The molecule has 1 aliphatic heterocycles. The molecule has 1 fully saturated rings. The number of hydrogen-bond acceptors (Lipinski definition) is 1. The van der Waals surface area contributed by atoms with Crippen molar-refractivity contribution in [2.75, 3.05) is 38.0 Å². The van der Waals surface area contributed by atoms with Crippen LogP contribution < -0.4 is 15.1 Å². The van der Waals surface area contributed by atoms with Gasteiger partial charge >= 0.3 is 0 Å². The van der Waals surface area contributed by atoms with Gasteiger partial charge in [0.2, 0.25) is 0 Å². The van der Waals surface area contributed by atoms with E-state index in [-0.39, 0.29) is 24.2 Å². The summed E-state index contributed by atoms with van der Waals surface area (Å²) in [5.74, 6) is -1.68. The lowest BCUT2D eigenvalue weighted by molar-refractivity contribution is -1.02. The van der Waals surface area contributed by atoms with E-state index >= 15 is 0 Å². The van der Waals surface area contributed by atoms with E-state index in [4.69, 9.17) is 0 Å². The van der Waals surface area contributed by atoms with Crippen LogP contribution in [0, 0.1) is 11.6 Å². The molecule has 4 nitrogen and oxygen atoms in total. The second-order valence-electron chi connectivity index (χ2n) is 8.01. The van der Waals surface area contributed by atoms with E-state index in [9.17, 15) is 13.6 Å². The van der Waals surface area contributed by atoms with E-state index in [0.717, 1.165) is 38.3 Å². The maximum atomic E-state index is 13.8. The normalized spacial score (nSPS) is 18.7. The number of rotatable bonds is 6. The Morgan fingerprint density at radius 1 is 0.839 bits per heavy atom. The van der Waals surface area contributed by atoms with Gasteiger partial charge in [0.25, 0.3) is 5.91 Å². The van der Waals surface area contributed by atoms with Gasteiger partial charge in [0.15, 0.2) is 6.54 Å². The monoisotopic (exact) mass is 423 g/mol. The van der Waals surface area contributed by atoms with Crippen molar-refractivity contribution in [1.82, 2.24) is 0 Å². The molecule has 3 N–H and O–H groups in total. The van der Waals surface area contributed by atoms with Gasteiger partial charge in [-0.1, -0.05) is 60.7 Å². The van der Waals surface area contributed by atoms with Crippen molar-refractivity contribution in [2.45, 2.75) is 6.04 Å². The topological polar surface area (TPSA) is 38.0 Å². The predicted molar refractivity (Wildman–Crippen MR) is 116 cm³/mol. The Morgan fingerprint density at radius 2 is 1.42 bits per heavy atom. The van der Waals surface area contributed by atoms with Crippen LogP contribution in [0.1, 0.15) is 17.2 Å². The minimum atomic E-state index is -0.758. The van der Waals surface area contributed by atoms with Crippen molar-refractivity contribution in [3.05, 3.63) is 102 Å². The van der Waals surface area contributed by atoms with Gasteiger partial charge in [-0.15, -0.1) is 0 Å². The largest absolute Gasteiger partial charge is 0.319 e. The Bertz CT molecular complexity index is 966. The lowest BCUT2D eigenvalue weighted by atomic mass is 9.96. The molecular weight excluding hydrogens is 396 g/mol. The van der Waals surface area contributed by atoms with E-state index < -0.39 is 11.6 Å². The molecule has 160 valence electrons. The number of piperazine rings is 1. The molecule has 0 atom stereocenters. The SMILES string of the molecule is O=C(C[NH+]1CC[NH+](C(c2ccccc2)c2ccccc2)CC1)Nc1ccc(F)cc1F. The minimum absolute atomic E-state index is 0.0169. The molecule has 1 aliphatic rings. The average molecular weight is 424 g/mol. The van der Waals surface area contributed by atoms with Gasteiger partial charge in [-0.2, -0.15) is 0 Å². The molecule has 1 heterocycles. The molecule has 0 radical (unpaired) electrons. The van der Waals surface area contributed by atoms with Gasteiger partial charge in [0.1, 0.15) is 43.9 Å². The van der Waals surface area contributed by atoms with Gasteiger partial charge in [-0.05, 0) is 12.1 Å². The molecule has 4 rings (SSSR count). The zero-order chi connectivity index (χ0) is 21.6. The molecule has 0 unspecified atom stereocenters. The first kappa shape index (κ1) is 21.2. The Labute approximate surface area is 181 Å². The number of hydrogen-bond donors (Lipinski definition) is 3. The van der Waals surface area contributed by atoms with Crippen LogP contribution in [0.4, 0.5) is 14.5 Å². The second kappa shape index (κ2) is 9.81. The van der Waals surface area contributed by atoms with Crippen LogP contribution in [-0.4, -0.2) is 38.6 Å². The standard InChI is InChI=1S/C25H25F2N3O/c26-21-11-12-23(22(27)17-21)28-24(31)18-29-13-15-30(16-14-29)25(19-7-3-1-4-8-19)20-9-5-2-6-10-20/h1-12,17,25H,13-16,18H2,(H,28,31)/p+2. The van der Waals surface area contributed by atoms with E-state index in [1.807, 2.05) is 12.1 Å². The summed E-state index contributed by atoms with van der Waals surface area (Å²) in [6, 6.07) is 24.5. The summed E-state index contributed by atoms with van der Waals surface area (Å²) in [4.78, 5) is 15.0. The van der Waals surface area contributed by atoms with Gasteiger partial charge in [-0.25, -0.2) is 8.78 Å². The third-order valence-corrected chi connectivity index (χ3v) is 5.89. The maximum absolute atomic E-state index is 13.8. The van der Waals surface area contributed by atoms with Crippen LogP contribution in [0.15, 0.2) is 78.9 Å². The smallest absolute Gasteiger partial charge is 0.279 e. The van der Waals surface area contributed by atoms with Gasteiger partial charge < -0.3 is 15.1 Å². The number of halogens is 2. The van der Waals surface area contributed by atoms with E-state index in [1.54, 1.807) is 0 Å². The number of anilines is 1. The van der Waals surface area contributed by atoms with Crippen molar-refractivity contribution in [1.29, 1.82) is 0 Å². The molecule has 31 heavy (non-hydrogen) atoms.